The van der Waals surface area contributed by atoms with Crippen molar-refractivity contribution in [3.63, 3.8) is 0 Å². The number of hydrogen-bond donors (Lipinski definition) is 0. The van der Waals surface area contributed by atoms with Crippen LogP contribution in [0.3, 0.4) is 0 Å². The van der Waals surface area contributed by atoms with E-state index in [1.165, 1.54) is 0 Å². The van der Waals surface area contributed by atoms with Crippen molar-refractivity contribution in [2.45, 2.75) is 135 Å². The highest BCUT2D eigenvalue weighted by atomic mass is 32.2. The standard InChI is InChI=1S/C45H69O9S/c1-10-19-46-34-28-37(49-22-13-4)43(38(29-34)50-23-14-5)55(44-39(51-24-15-6)30-35(47-20-11-2)31-40(44)52-25-16-7)45-41(53-26-17-8)32-36(48-21-12-3)33-42(45)54-27-18-9/h28-33H,10-27H2,1-9H3/q+1. The molecular formula is C45H69O9S+. The van der Waals surface area contributed by atoms with Gasteiger partial charge in [-0.1, -0.05) is 62.3 Å². The Balaban J connectivity index is 2.69. The first kappa shape index (κ1) is 45.6. The van der Waals surface area contributed by atoms with Gasteiger partial charge in [-0.05, 0) is 57.8 Å². The van der Waals surface area contributed by atoms with Crippen LogP contribution < -0.4 is 42.6 Å². The largest absolute Gasteiger partial charge is 0.493 e. The van der Waals surface area contributed by atoms with E-state index in [0.29, 0.717) is 111 Å². The first-order valence-corrected chi connectivity index (χ1v) is 22.1. The second kappa shape index (κ2) is 26.1. The molecule has 308 valence electrons. The Morgan fingerprint density at radius 2 is 0.436 bits per heavy atom. The smallest absolute Gasteiger partial charge is 0.250 e. The van der Waals surface area contributed by atoms with Gasteiger partial charge in [-0.2, -0.15) is 0 Å². The summed E-state index contributed by atoms with van der Waals surface area (Å²) in [5.74, 6) is 6.03. The normalized spacial score (nSPS) is 11.0. The van der Waals surface area contributed by atoms with Crippen LogP contribution in [0.15, 0.2) is 51.1 Å². The van der Waals surface area contributed by atoms with Crippen LogP contribution in [-0.2, 0) is 10.9 Å². The molecule has 0 aliphatic heterocycles. The predicted octanol–water partition coefficient (Wildman–Crippen LogP) is 11.9. The van der Waals surface area contributed by atoms with E-state index in [1.54, 1.807) is 0 Å². The van der Waals surface area contributed by atoms with Crippen LogP contribution in [0.4, 0.5) is 0 Å². The average Bonchev–Trinajstić information content (AvgIpc) is 3.20. The summed E-state index contributed by atoms with van der Waals surface area (Å²) in [6.07, 6.45) is 7.50. The van der Waals surface area contributed by atoms with Gasteiger partial charge in [-0.3, -0.25) is 0 Å². The lowest BCUT2D eigenvalue weighted by molar-refractivity contribution is 0.271. The Morgan fingerprint density at radius 1 is 0.273 bits per heavy atom. The number of hydrogen-bond acceptors (Lipinski definition) is 9. The van der Waals surface area contributed by atoms with E-state index in [2.05, 4.69) is 62.3 Å². The predicted molar refractivity (Wildman–Crippen MR) is 224 cm³/mol. The molecule has 0 radical (unpaired) electrons. The summed E-state index contributed by atoms with van der Waals surface area (Å²) in [6.45, 7) is 23.6. The Morgan fingerprint density at radius 3 is 0.600 bits per heavy atom. The summed E-state index contributed by atoms with van der Waals surface area (Å²) >= 11 is 0. The minimum atomic E-state index is -1.06. The maximum Gasteiger partial charge on any atom is 0.250 e. The first-order chi connectivity index (χ1) is 26.9. The zero-order valence-electron chi connectivity index (χ0n) is 35.3. The average molecular weight is 786 g/mol. The number of benzene rings is 3. The van der Waals surface area contributed by atoms with Crippen LogP contribution in [0.1, 0.15) is 120 Å². The van der Waals surface area contributed by atoms with Crippen molar-refractivity contribution in [3.05, 3.63) is 36.4 Å². The maximum atomic E-state index is 6.72. The van der Waals surface area contributed by atoms with E-state index in [1.807, 2.05) is 36.4 Å². The molecule has 3 aromatic carbocycles. The lowest BCUT2D eigenvalue weighted by Gasteiger charge is -2.24. The highest BCUT2D eigenvalue weighted by Crippen LogP contribution is 2.55. The lowest BCUT2D eigenvalue weighted by atomic mass is 10.2. The monoisotopic (exact) mass is 785 g/mol. The fourth-order valence-corrected chi connectivity index (χ4v) is 7.92. The van der Waals surface area contributed by atoms with E-state index in [4.69, 9.17) is 42.6 Å². The molecule has 0 spiro atoms. The van der Waals surface area contributed by atoms with Gasteiger partial charge in [0.2, 0.25) is 0 Å². The summed E-state index contributed by atoms with van der Waals surface area (Å²) in [6, 6.07) is 12.0. The van der Waals surface area contributed by atoms with E-state index < -0.39 is 10.9 Å². The third kappa shape index (κ3) is 13.7. The minimum Gasteiger partial charge on any atom is -0.493 e. The maximum absolute atomic E-state index is 6.72. The molecule has 0 atom stereocenters. The molecule has 0 heterocycles. The van der Waals surface area contributed by atoms with Gasteiger partial charge in [0.15, 0.2) is 34.5 Å². The molecule has 55 heavy (non-hydrogen) atoms. The number of rotatable bonds is 30. The van der Waals surface area contributed by atoms with Crippen molar-refractivity contribution in [2.24, 2.45) is 0 Å². The van der Waals surface area contributed by atoms with Crippen molar-refractivity contribution in [1.29, 1.82) is 0 Å². The molecule has 3 rings (SSSR count). The van der Waals surface area contributed by atoms with E-state index in [-0.39, 0.29) is 0 Å². The molecule has 0 N–H and O–H groups in total. The third-order valence-electron chi connectivity index (χ3n) is 7.78. The molecule has 3 aromatic rings. The van der Waals surface area contributed by atoms with Crippen molar-refractivity contribution in [2.75, 3.05) is 59.5 Å². The summed E-state index contributed by atoms with van der Waals surface area (Å²) in [5.41, 5.74) is 0. The Kier molecular flexibility index (Phi) is 21.7. The second-order valence-corrected chi connectivity index (χ2v) is 15.0. The molecule has 0 aliphatic carbocycles. The number of ether oxygens (including phenoxy) is 9. The van der Waals surface area contributed by atoms with Gasteiger partial charge in [0.1, 0.15) is 28.1 Å². The van der Waals surface area contributed by atoms with Gasteiger partial charge in [-0.25, -0.2) is 0 Å². The van der Waals surface area contributed by atoms with E-state index in [9.17, 15) is 0 Å². The van der Waals surface area contributed by atoms with Crippen LogP contribution in [-0.4, -0.2) is 59.5 Å². The summed E-state index contributed by atoms with van der Waals surface area (Å²) in [4.78, 5) is 2.50. The molecule has 9 nitrogen and oxygen atoms in total. The Hall–Kier alpha value is -3.79. The molecule has 0 unspecified atom stereocenters. The molecule has 0 saturated heterocycles. The zero-order valence-corrected chi connectivity index (χ0v) is 36.1. The molecule has 0 saturated carbocycles. The third-order valence-corrected chi connectivity index (χ3v) is 10.2. The topological polar surface area (TPSA) is 83.1 Å². The van der Waals surface area contributed by atoms with Gasteiger partial charge in [-0.15, -0.1) is 0 Å². The molecule has 0 fully saturated rings. The molecule has 0 bridgehead atoms. The van der Waals surface area contributed by atoms with Crippen LogP contribution in [0.5, 0.6) is 51.7 Å². The minimum absolute atomic E-state index is 0.499. The SMILES string of the molecule is CCCOc1cc(OCCC)c([S+](c2c(OCCC)cc(OCCC)cc2OCCC)c2c(OCCC)cc(OCCC)cc2OCCC)c(OCCC)c1. The van der Waals surface area contributed by atoms with Gasteiger partial charge < -0.3 is 42.6 Å². The van der Waals surface area contributed by atoms with Gasteiger partial charge in [0.25, 0.3) is 14.7 Å². The summed E-state index contributed by atoms with van der Waals surface area (Å²) < 4.78 is 59.1. The van der Waals surface area contributed by atoms with Crippen LogP contribution in [0.2, 0.25) is 0 Å². The quantitative estimate of drug-likeness (QED) is 0.0613. The van der Waals surface area contributed by atoms with Crippen molar-refractivity contribution in [1.82, 2.24) is 0 Å². The molecule has 0 aliphatic rings. The fourth-order valence-electron chi connectivity index (χ4n) is 5.39. The van der Waals surface area contributed by atoms with Gasteiger partial charge >= 0.3 is 0 Å². The van der Waals surface area contributed by atoms with Crippen molar-refractivity contribution in [3.8, 4) is 51.7 Å². The van der Waals surface area contributed by atoms with E-state index >= 15 is 0 Å². The van der Waals surface area contributed by atoms with Crippen molar-refractivity contribution >= 4 is 10.9 Å². The Labute approximate surface area is 335 Å². The van der Waals surface area contributed by atoms with E-state index in [0.717, 1.165) is 72.5 Å². The highest BCUT2D eigenvalue weighted by Gasteiger charge is 2.47. The van der Waals surface area contributed by atoms with Crippen LogP contribution in [0.25, 0.3) is 0 Å². The summed E-state index contributed by atoms with van der Waals surface area (Å²) in [5, 5.41) is 0. The molecule has 0 aromatic heterocycles. The first-order valence-electron chi connectivity index (χ1n) is 20.9. The molecular weight excluding hydrogens is 717 g/mol. The molecule has 10 heteroatoms. The van der Waals surface area contributed by atoms with Crippen molar-refractivity contribution < 1.29 is 42.6 Å². The second-order valence-electron chi connectivity index (χ2n) is 13.2. The molecule has 0 amide bonds. The highest BCUT2D eigenvalue weighted by molar-refractivity contribution is 7.97. The lowest BCUT2D eigenvalue weighted by Crippen LogP contribution is -2.17. The Bertz CT molecular complexity index is 1260. The fraction of sp³-hybridized carbons (Fsp3) is 0.600. The van der Waals surface area contributed by atoms with Crippen LogP contribution >= 0.6 is 0 Å². The van der Waals surface area contributed by atoms with Gasteiger partial charge in [0.05, 0.1) is 59.5 Å². The van der Waals surface area contributed by atoms with Gasteiger partial charge in [0, 0.05) is 36.4 Å². The van der Waals surface area contributed by atoms with Crippen LogP contribution in [0, 0.1) is 0 Å². The summed E-state index contributed by atoms with van der Waals surface area (Å²) in [7, 11) is -1.06. The zero-order chi connectivity index (χ0) is 39.8.